The summed E-state index contributed by atoms with van der Waals surface area (Å²) >= 11 is 1.84. The SMILES string of the molecule is [B]c1cc(-c2cccc3sc4ccccc4c23)cc(-n2c3ccccc3c3ccccc32)c1. The van der Waals surface area contributed by atoms with Gasteiger partial charge in [0.15, 0.2) is 0 Å². The summed E-state index contributed by atoms with van der Waals surface area (Å²) in [6, 6.07) is 38.8. The summed E-state index contributed by atoms with van der Waals surface area (Å²) in [7, 11) is 6.51. The minimum Gasteiger partial charge on any atom is -0.309 e. The van der Waals surface area contributed by atoms with Crippen LogP contribution in [0.25, 0.3) is 58.8 Å². The van der Waals surface area contributed by atoms with Crippen LogP contribution >= 0.6 is 11.3 Å². The topological polar surface area (TPSA) is 4.93 Å². The fraction of sp³-hybridized carbons (Fsp3) is 0. The molecule has 0 bridgehead atoms. The van der Waals surface area contributed by atoms with Gasteiger partial charge in [0.1, 0.15) is 7.85 Å². The molecule has 0 aliphatic carbocycles. The van der Waals surface area contributed by atoms with Crippen LogP contribution in [0.1, 0.15) is 0 Å². The third-order valence-electron chi connectivity index (χ3n) is 6.49. The van der Waals surface area contributed by atoms with E-state index in [-0.39, 0.29) is 0 Å². The van der Waals surface area contributed by atoms with E-state index in [1.165, 1.54) is 47.5 Å². The molecule has 0 fully saturated rings. The molecular formula is C30H18BNS. The smallest absolute Gasteiger partial charge is 0.113 e. The Hall–Kier alpha value is -3.82. The molecule has 7 rings (SSSR count). The molecule has 0 aliphatic heterocycles. The molecule has 2 radical (unpaired) electrons. The third-order valence-corrected chi connectivity index (χ3v) is 7.63. The summed E-state index contributed by atoms with van der Waals surface area (Å²) in [6.45, 7) is 0. The molecule has 152 valence electrons. The van der Waals surface area contributed by atoms with Crippen molar-refractivity contribution in [2.24, 2.45) is 0 Å². The highest BCUT2D eigenvalue weighted by Crippen LogP contribution is 2.40. The molecule has 3 heteroatoms. The van der Waals surface area contributed by atoms with Crippen molar-refractivity contribution < 1.29 is 0 Å². The second-order valence-corrected chi connectivity index (χ2v) is 9.54. The molecule has 0 saturated carbocycles. The minimum atomic E-state index is 0.765. The van der Waals surface area contributed by atoms with Crippen molar-refractivity contribution in [3.8, 4) is 16.8 Å². The van der Waals surface area contributed by atoms with Crippen molar-refractivity contribution in [3.05, 3.63) is 109 Å². The zero-order chi connectivity index (χ0) is 21.9. The van der Waals surface area contributed by atoms with Gasteiger partial charge in [-0.1, -0.05) is 78.3 Å². The molecule has 0 N–H and O–H groups in total. The first kappa shape index (κ1) is 18.7. The summed E-state index contributed by atoms with van der Waals surface area (Å²) in [5, 5.41) is 5.11. The Morgan fingerprint density at radius 3 is 1.97 bits per heavy atom. The van der Waals surface area contributed by atoms with Crippen molar-refractivity contribution in [1.29, 1.82) is 0 Å². The maximum atomic E-state index is 6.51. The van der Waals surface area contributed by atoms with Crippen LogP contribution < -0.4 is 5.46 Å². The van der Waals surface area contributed by atoms with Crippen molar-refractivity contribution >= 4 is 66.6 Å². The van der Waals surface area contributed by atoms with Gasteiger partial charge in [-0.2, -0.15) is 0 Å². The average Bonchev–Trinajstić information content (AvgIpc) is 3.39. The van der Waals surface area contributed by atoms with Gasteiger partial charge in [0.25, 0.3) is 0 Å². The molecule has 0 spiro atoms. The summed E-state index contributed by atoms with van der Waals surface area (Å²) in [4.78, 5) is 0. The van der Waals surface area contributed by atoms with E-state index in [0.717, 1.165) is 16.7 Å². The van der Waals surface area contributed by atoms with Crippen LogP contribution in [0.3, 0.4) is 0 Å². The van der Waals surface area contributed by atoms with Gasteiger partial charge in [0.05, 0.1) is 11.0 Å². The van der Waals surface area contributed by atoms with E-state index in [4.69, 9.17) is 7.85 Å². The summed E-state index contributed by atoms with van der Waals surface area (Å²) in [5.74, 6) is 0. The van der Waals surface area contributed by atoms with Gasteiger partial charge in [-0.3, -0.25) is 0 Å². The number of thiophene rings is 1. The number of aromatic nitrogens is 1. The normalized spacial score (nSPS) is 11.8. The van der Waals surface area contributed by atoms with E-state index >= 15 is 0 Å². The van der Waals surface area contributed by atoms with E-state index in [2.05, 4.69) is 114 Å². The zero-order valence-electron chi connectivity index (χ0n) is 17.8. The van der Waals surface area contributed by atoms with Gasteiger partial charge < -0.3 is 4.57 Å². The molecule has 0 aliphatic rings. The lowest BCUT2D eigenvalue weighted by atomic mass is 9.90. The lowest BCUT2D eigenvalue weighted by Gasteiger charge is -2.13. The van der Waals surface area contributed by atoms with Crippen LogP contribution in [0, 0.1) is 0 Å². The first-order valence-electron chi connectivity index (χ1n) is 11.1. The van der Waals surface area contributed by atoms with E-state index in [0.29, 0.717) is 0 Å². The minimum absolute atomic E-state index is 0.765. The second kappa shape index (κ2) is 7.09. The maximum absolute atomic E-state index is 6.51. The van der Waals surface area contributed by atoms with Crippen molar-refractivity contribution in [2.45, 2.75) is 0 Å². The molecule has 0 amide bonds. The fourth-order valence-corrected chi connectivity index (χ4v) is 6.27. The van der Waals surface area contributed by atoms with Crippen LogP contribution in [0.4, 0.5) is 0 Å². The molecule has 2 heterocycles. The molecule has 0 atom stereocenters. The summed E-state index contributed by atoms with van der Waals surface area (Å²) in [6.07, 6.45) is 0. The predicted molar refractivity (Wildman–Crippen MR) is 144 cm³/mol. The highest BCUT2D eigenvalue weighted by atomic mass is 32.1. The lowest BCUT2D eigenvalue weighted by Crippen LogP contribution is -2.06. The van der Waals surface area contributed by atoms with Gasteiger partial charge in [0, 0.05) is 36.6 Å². The number of hydrogen-bond acceptors (Lipinski definition) is 1. The van der Waals surface area contributed by atoms with Crippen LogP contribution in [0.2, 0.25) is 0 Å². The van der Waals surface area contributed by atoms with Crippen LogP contribution in [0.15, 0.2) is 109 Å². The fourth-order valence-electron chi connectivity index (χ4n) is 5.14. The first-order valence-corrected chi connectivity index (χ1v) is 11.9. The molecule has 7 aromatic rings. The molecule has 0 saturated heterocycles. The van der Waals surface area contributed by atoms with Crippen LogP contribution in [0.5, 0.6) is 0 Å². The molecular weight excluding hydrogens is 417 g/mol. The Morgan fingerprint density at radius 1 is 0.576 bits per heavy atom. The van der Waals surface area contributed by atoms with Gasteiger partial charge in [-0.05, 0) is 47.5 Å². The van der Waals surface area contributed by atoms with Gasteiger partial charge in [-0.25, -0.2) is 0 Å². The standard InChI is InChI=1S/C30H18BNS/c31-20-16-19(22-11-7-15-29-30(22)25-10-3-6-14-28(25)33-29)17-21(18-20)32-26-12-4-1-8-23(26)24-9-2-5-13-27(24)32/h1-18H. The number of benzene rings is 5. The predicted octanol–water partition coefficient (Wildman–Crippen LogP) is 7.61. The molecule has 1 nitrogen and oxygen atoms in total. The largest absolute Gasteiger partial charge is 0.309 e. The molecule has 5 aromatic carbocycles. The summed E-state index contributed by atoms with van der Waals surface area (Å²) < 4.78 is 4.94. The van der Waals surface area contributed by atoms with Crippen molar-refractivity contribution in [2.75, 3.05) is 0 Å². The third kappa shape index (κ3) is 2.79. The van der Waals surface area contributed by atoms with E-state index < -0.39 is 0 Å². The Bertz CT molecular complexity index is 1790. The highest BCUT2D eigenvalue weighted by Gasteiger charge is 2.15. The zero-order valence-corrected chi connectivity index (χ0v) is 18.6. The second-order valence-electron chi connectivity index (χ2n) is 8.46. The number of nitrogens with zero attached hydrogens (tertiary/aromatic N) is 1. The van der Waals surface area contributed by atoms with E-state index in [1.807, 2.05) is 11.3 Å². The van der Waals surface area contributed by atoms with Gasteiger partial charge >= 0.3 is 0 Å². The number of hydrogen-bond donors (Lipinski definition) is 0. The Balaban J connectivity index is 1.55. The number of rotatable bonds is 2. The number of fused-ring (bicyclic) bond motifs is 6. The van der Waals surface area contributed by atoms with Gasteiger partial charge in [-0.15, -0.1) is 11.3 Å². The van der Waals surface area contributed by atoms with Crippen LogP contribution in [-0.2, 0) is 0 Å². The van der Waals surface area contributed by atoms with Crippen LogP contribution in [-0.4, -0.2) is 12.4 Å². The molecule has 2 aromatic heterocycles. The first-order chi connectivity index (χ1) is 16.3. The molecule has 33 heavy (non-hydrogen) atoms. The monoisotopic (exact) mass is 435 g/mol. The van der Waals surface area contributed by atoms with E-state index in [9.17, 15) is 0 Å². The van der Waals surface area contributed by atoms with Crippen molar-refractivity contribution in [3.63, 3.8) is 0 Å². The summed E-state index contributed by atoms with van der Waals surface area (Å²) in [5.41, 5.74) is 6.59. The van der Waals surface area contributed by atoms with Gasteiger partial charge in [0.2, 0.25) is 0 Å². The average molecular weight is 435 g/mol. The Kier molecular flexibility index (Phi) is 4.03. The molecule has 0 unspecified atom stereocenters. The van der Waals surface area contributed by atoms with E-state index in [1.54, 1.807) is 0 Å². The maximum Gasteiger partial charge on any atom is 0.113 e. The lowest BCUT2D eigenvalue weighted by molar-refractivity contribution is 1.18. The number of para-hydroxylation sites is 2. The van der Waals surface area contributed by atoms with Crippen molar-refractivity contribution in [1.82, 2.24) is 4.57 Å². The Labute approximate surface area is 196 Å². The highest BCUT2D eigenvalue weighted by molar-refractivity contribution is 7.25. The quantitative estimate of drug-likeness (QED) is 0.246. The Morgan fingerprint density at radius 2 is 1.21 bits per heavy atom.